The Morgan fingerprint density at radius 3 is 1.22 bits per heavy atom. The van der Waals surface area contributed by atoms with E-state index in [-0.39, 0.29) is 26.2 Å². The first kappa shape index (κ1) is 43.1. The van der Waals surface area contributed by atoms with Crippen molar-refractivity contribution in [1.29, 1.82) is 0 Å². The zero-order chi connectivity index (χ0) is 35.9. The minimum absolute atomic E-state index is 0. The predicted octanol–water partition coefficient (Wildman–Crippen LogP) is 12.9. The van der Waals surface area contributed by atoms with E-state index in [1.807, 2.05) is 0 Å². The van der Waals surface area contributed by atoms with Crippen molar-refractivity contribution >= 4 is 45.2 Å². The molecule has 5 aromatic carbocycles. The molecule has 0 aromatic heterocycles. The molecule has 49 heavy (non-hydrogen) atoms. The van der Waals surface area contributed by atoms with Gasteiger partial charge in [-0.1, -0.05) is 172 Å². The Balaban J connectivity index is 0.000000837. The van der Waals surface area contributed by atoms with E-state index in [1.165, 1.54) is 73.0 Å². The maximum Gasteiger partial charge on any atom is 4.00 e. The van der Waals surface area contributed by atoms with Crippen molar-refractivity contribution in [2.24, 2.45) is 0 Å². The number of hydrogen-bond donors (Lipinski definition) is 0. The van der Waals surface area contributed by atoms with Crippen molar-refractivity contribution in [2.75, 3.05) is 0 Å². The molecule has 0 nitrogen and oxygen atoms in total. The largest absolute Gasteiger partial charge is 4.00 e. The Labute approximate surface area is 322 Å². The zero-order valence-electron chi connectivity index (χ0n) is 33.4. The van der Waals surface area contributed by atoms with Gasteiger partial charge >= 0.3 is 26.2 Å². The first-order valence-corrected chi connectivity index (χ1v) is 21.3. The molecule has 0 bridgehead atoms. The van der Waals surface area contributed by atoms with Crippen molar-refractivity contribution < 1.29 is 26.2 Å². The maximum atomic E-state index is 3.60. The molecule has 0 fully saturated rings. The van der Waals surface area contributed by atoms with Crippen LogP contribution in [-0.2, 0) is 26.2 Å². The summed E-state index contributed by atoms with van der Waals surface area (Å²) in [7, 11) is -2.43. The monoisotopic (exact) mass is 748 g/mol. The van der Waals surface area contributed by atoms with Crippen molar-refractivity contribution in [3.63, 3.8) is 0 Å². The van der Waals surface area contributed by atoms with Crippen molar-refractivity contribution in [1.82, 2.24) is 0 Å². The van der Waals surface area contributed by atoms with E-state index >= 15 is 0 Å². The molecule has 5 rings (SSSR count). The molecule has 0 heterocycles. The molecule has 2 heteroatoms. The molecule has 0 spiro atoms. The van der Waals surface area contributed by atoms with Crippen LogP contribution >= 0.6 is 0 Å². The maximum absolute atomic E-state index is 3.60. The summed E-state index contributed by atoms with van der Waals surface area (Å²) in [5, 5.41) is 10.6. The normalized spacial score (nSPS) is 11.7. The van der Waals surface area contributed by atoms with Crippen LogP contribution < -0.4 is 15.6 Å². The second kappa shape index (κ2) is 19.0. The summed E-state index contributed by atoms with van der Waals surface area (Å²) in [5.74, 6) is 1.97. The minimum atomic E-state index is -2.43. The van der Waals surface area contributed by atoms with Gasteiger partial charge in [-0.15, -0.1) is 56.9 Å². The predicted molar refractivity (Wildman–Crippen MR) is 222 cm³/mol. The Bertz CT molecular complexity index is 1630. The summed E-state index contributed by atoms with van der Waals surface area (Å²) in [6.45, 7) is 37.6. The summed E-state index contributed by atoms with van der Waals surface area (Å²) >= 11 is 0. The van der Waals surface area contributed by atoms with Crippen LogP contribution in [0.5, 0.6) is 0 Å². The van der Waals surface area contributed by atoms with Gasteiger partial charge in [-0.2, -0.15) is 23.2 Å². The van der Waals surface area contributed by atoms with Crippen LogP contribution in [0.1, 0.15) is 152 Å². The van der Waals surface area contributed by atoms with E-state index in [0.29, 0.717) is 23.7 Å². The van der Waals surface area contributed by atoms with E-state index in [2.05, 4.69) is 170 Å². The smallest absolute Gasteiger partial charge is 0.343 e. The van der Waals surface area contributed by atoms with Gasteiger partial charge in [-0.05, 0) is 23.7 Å². The molecule has 0 aliphatic carbocycles. The van der Waals surface area contributed by atoms with Crippen molar-refractivity contribution in [3.8, 4) is 0 Å². The second-order valence-electron chi connectivity index (χ2n) is 15.4. The van der Waals surface area contributed by atoms with E-state index in [9.17, 15) is 0 Å². The average Bonchev–Trinajstić information content (AvgIpc) is 3.59. The fraction of sp³-hybridized carbons (Fsp3) is 0.447. The van der Waals surface area contributed by atoms with E-state index < -0.39 is 8.07 Å². The summed E-state index contributed by atoms with van der Waals surface area (Å²) in [5.41, 5.74) is 8.84. The third-order valence-corrected chi connectivity index (χ3v) is 14.9. The van der Waals surface area contributed by atoms with Gasteiger partial charge in [0.2, 0.25) is 0 Å². The Kier molecular flexibility index (Phi) is 16.7. The summed E-state index contributed by atoms with van der Waals surface area (Å²) in [6.07, 6.45) is 4.56. The molecule has 0 radical (unpaired) electrons. The van der Waals surface area contributed by atoms with Gasteiger partial charge in [0.25, 0.3) is 0 Å². The Morgan fingerprint density at radius 1 is 0.592 bits per heavy atom. The molecule has 0 saturated carbocycles. The topological polar surface area (TPSA) is 0 Å². The molecule has 0 saturated heterocycles. The third-order valence-electron chi connectivity index (χ3n) is 10.1. The molecule has 0 amide bonds. The van der Waals surface area contributed by atoms with Gasteiger partial charge in [0, 0.05) is 8.07 Å². The summed E-state index contributed by atoms with van der Waals surface area (Å²) in [6, 6.07) is 26.5. The number of fused-ring (bicyclic) bond motifs is 2. The van der Waals surface area contributed by atoms with Gasteiger partial charge < -0.3 is 13.8 Å². The molecule has 262 valence electrons. The molecule has 0 aliphatic rings. The van der Waals surface area contributed by atoms with Crippen LogP contribution in [0, 0.1) is 27.7 Å². The number of aryl methyl sites for hydroxylation is 2. The standard InChI is InChI=1S/C39H48Si.2C4H9.Zr/c1-23(2)29-19-31-17-27(9)38(36(31)34(21-29)25(5)6)40(11,33-15-13-12-14-16-33)39-28(10)18-32-20-30(24(3)4)22-35(26(7)8)37(32)39;2*1-3-4-2;/h12-26H,1-11H3;2*1,3-4H2,2H3;/q-2;2*-1;+4. The van der Waals surface area contributed by atoms with Gasteiger partial charge in [0.05, 0.1) is 0 Å². The van der Waals surface area contributed by atoms with Crippen LogP contribution in [0.15, 0.2) is 66.7 Å². The first-order valence-electron chi connectivity index (χ1n) is 18.8. The number of benzene rings is 3. The Morgan fingerprint density at radius 2 is 0.939 bits per heavy atom. The van der Waals surface area contributed by atoms with Gasteiger partial charge in [-0.25, -0.2) is 0 Å². The van der Waals surface area contributed by atoms with Crippen LogP contribution in [0.4, 0.5) is 0 Å². The molecule has 0 unspecified atom stereocenters. The van der Waals surface area contributed by atoms with E-state index in [1.54, 1.807) is 10.4 Å². The molecular formula is C47H66SiZr. The summed E-state index contributed by atoms with van der Waals surface area (Å²) < 4.78 is 0. The second-order valence-corrected chi connectivity index (χ2v) is 19.2. The van der Waals surface area contributed by atoms with Gasteiger partial charge in [-0.3, -0.25) is 0 Å². The molecule has 0 aliphatic heterocycles. The number of unbranched alkanes of at least 4 members (excludes halogenated alkanes) is 2. The van der Waals surface area contributed by atoms with E-state index in [0.717, 1.165) is 12.8 Å². The van der Waals surface area contributed by atoms with Crippen molar-refractivity contribution in [2.45, 2.75) is 139 Å². The molecule has 5 aromatic rings. The first-order chi connectivity index (χ1) is 22.7. The molecular weight excluding hydrogens is 684 g/mol. The minimum Gasteiger partial charge on any atom is -0.343 e. The fourth-order valence-corrected chi connectivity index (χ4v) is 12.3. The fourth-order valence-electron chi connectivity index (χ4n) is 7.28. The molecule has 0 atom stereocenters. The van der Waals surface area contributed by atoms with Crippen LogP contribution in [0.25, 0.3) is 21.5 Å². The Hall–Kier alpha value is -2.02. The number of hydrogen-bond acceptors (Lipinski definition) is 0. The van der Waals surface area contributed by atoms with Crippen LogP contribution in [-0.4, -0.2) is 8.07 Å². The third kappa shape index (κ3) is 9.26. The average molecular weight is 750 g/mol. The zero-order valence-corrected chi connectivity index (χ0v) is 36.9. The molecule has 0 N–H and O–H groups in total. The van der Waals surface area contributed by atoms with Gasteiger partial charge in [0.1, 0.15) is 0 Å². The summed E-state index contributed by atoms with van der Waals surface area (Å²) in [4.78, 5) is 0. The SMILES string of the molecule is Cc1[cH-]c2cc(C(C)C)cc(C(C)C)c2c1[Si](C)(c1ccccc1)c1c(C)[cH-]c2cc(C(C)C)cc(C(C)C)c12.[CH2-]CCC.[CH2-]CCC.[Zr+4]. The van der Waals surface area contributed by atoms with E-state index in [4.69, 9.17) is 0 Å². The van der Waals surface area contributed by atoms with Crippen LogP contribution in [0.2, 0.25) is 6.55 Å². The quantitative estimate of drug-likeness (QED) is 0.104. The number of rotatable bonds is 9. The van der Waals surface area contributed by atoms with Gasteiger partial charge in [0.15, 0.2) is 0 Å². The van der Waals surface area contributed by atoms with Crippen LogP contribution in [0.3, 0.4) is 0 Å². The van der Waals surface area contributed by atoms with Crippen molar-refractivity contribution in [3.05, 3.63) is 114 Å².